The molecule has 4 heteroatoms. The highest BCUT2D eigenvalue weighted by molar-refractivity contribution is 5.87. The van der Waals surface area contributed by atoms with Gasteiger partial charge in [-0.25, -0.2) is 0 Å². The minimum absolute atomic E-state index is 0.0403. The number of amides is 1. The Bertz CT molecular complexity index is 393. The first-order valence-electron chi connectivity index (χ1n) is 6.40. The van der Waals surface area contributed by atoms with Crippen molar-refractivity contribution in [2.45, 2.75) is 32.4 Å². The zero-order valence-electron chi connectivity index (χ0n) is 10.9. The number of carbonyl (C=O) groups excluding carboxylic acids is 1. The van der Waals surface area contributed by atoms with Gasteiger partial charge in [0.2, 0.25) is 5.91 Å². The molecule has 0 saturated carbocycles. The maximum atomic E-state index is 11.9. The van der Waals surface area contributed by atoms with E-state index in [-0.39, 0.29) is 18.1 Å². The van der Waals surface area contributed by atoms with Crippen LogP contribution < -0.4 is 10.6 Å². The molecule has 0 bridgehead atoms. The molecule has 1 aliphatic rings. The van der Waals surface area contributed by atoms with Crippen LogP contribution in [-0.4, -0.2) is 31.2 Å². The lowest BCUT2D eigenvalue weighted by Crippen LogP contribution is -2.40. The van der Waals surface area contributed by atoms with Gasteiger partial charge < -0.3 is 15.4 Å². The lowest BCUT2D eigenvalue weighted by Gasteiger charge is -2.13. The maximum absolute atomic E-state index is 11.9. The van der Waals surface area contributed by atoms with Crippen molar-refractivity contribution in [3.05, 3.63) is 29.8 Å². The molecule has 18 heavy (non-hydrogen) atoms. The van der Waals surface area contributed by atoms with E-state index >= 15 is 0 Å². The van der Waals surface area contributed by atoms with Crippen molar-refractivity contribution in [2.24, 2.45) is 0 Å². The first-order valence-corrected chi connectivity index (χ1v) is 6.40. The van der Waals surface area contributed by atoms with Gasteiger partial charge in [0.05, 0.1) is 12.7 Å². The maximum Gasteiger partial charge on any atom is 0.242 e. The van der Waals surface area contributed by atoms with Crippen LogP contribution in [0.2, 0.25) is 0 Å². The summed E-state index contributed by atoms with van der Waals surface area (Å²) in [6, 6.07) is 7.88. The Labute approximate surface area is 108 Å². The monoisotopic (exact) mass is 248 g/mol. The number of para-hydroxylation sites is 1. The normalized spacial score (nSPS) is 17.4. The lowest BCUT2D eigenvalue weighted by atomic mass is 10.1. The Hall–Kier alpha value is -1.55. The Kier molecular flexibility index (Phi) is 4.20. The van der Waals surface area contributed by atoms with Gasteiger partial charge in [-0.15, -0.1) is 0 Å². The zero-order chi connectivity index (χ0) is 13.0. The van der Waals surface area contributed by atoms with Crippen molar-refractivity contribution in [3.8, 4) is 0 Å². The highest BCUT2D eigenvalue weighted by Gasteiger charge is 2.25. The van der Waals surface area contributed by atoms with Crippen LogP contribution in [0.15, 0.2) is 24.3 Å². The molecular formula is C14H20N2O2. The molecule has 1 atom stereocenters. The molecule has 0 aliphatic carbocycles. The molecule has 0 aromatic heterocycles. The Morgan fingerprint density at radius 3 is 3.00 bits per heavy atom. The number of nitrogens with one attached hydrogen (secondary N) is 2. The summed E-state index contributed by atoms with van der Waals surface area (Å²) >= 11 is 0. The van der Waals surface area contributed by atoms with Crippen molar-refractivity contribution >= 4 is 11.6 Å². The topological polar surface area (TPSA) is 50.4 Å². The van der Waals surface area contributed by atoms with Gasteiger partial charge in [-0.05, 0) is 25.5 Å². The van der Waals surface area contributed by atoms with Crippen molar-refractivity contribution in [2.75, 3.05) is 18.5 Å². The van der Waals surface area contributed by atoms with E-state index < -0.39 is 0 Å². The predicted molar refractivity (Wildman–Crippen MR) is 71.7 cm³/mol. The molecule has 0 fully saturated rings. The molecule has 98 valence electrons. The highest BCUT2D eigenvalue weighted by atomic mass is 16.5. The highest BCUT2D eigenvalue weighted by Crippen LogP contribution is 2.24. The van der Waals surface area contributed by atoms with Gasteiger partial charge in [0.15, 0.2) is 0 Å². The number of fused-ring (bicyclic) bond motifs is 1. The average Bonchev–Trinajstić information content (AvgIpc) is 2.78. The van der Waals surface area contributed by atoms with Gasteiger partial charge >= 0.3 is 0 Å². The summed E-state index contributed by atoms with van der Waals surface area (Å²) in [4.78, 5) is 11.9. The minimum atomic E-state index is -0.151. The number of ether oxygens (including phenoxy) is 1. The lowest BCUT2D eigenvalue weighted by molar-refractivity contribution is -0.122. The molecule has 1 aromatic carbocycles. The predicted octanol–water partition coefficient (Wildman–Crippen LogP) is 1.56. The van der Waals surface area contributed by atoms with E-state index in [1.165, 1.54) is 5.56 Å². The molecule has 1 aliphatic heterocycles. The molecule has 0 radical (unpaired) electrons. The number of hydrogen-bond donors (Lipinski definition) is 2. The van der Waals surface area contributed by atoms with E-state index in [9.17, 15) is 4.79 Å². The number of rotatable bonds is 5. The van der Waals surface area contributed by atoms with E-state index in [4.69, 9.17) is 4.74 Å². The standard InChI is InChI=1S/C14H20N2O2/c1-10(2)18-8-7-15-14(17)13-9-11-5-3-4-6-12(11)16-13/h3-6,10,13,16H,7-9H2,1-2H3,(H,15,17)/t13-/m0/s1. The summed E-state index contributed by atoms with van der Waals surface area (Å²) in [5, 5.41) is 6.12. The molecule has 1 heterocycles. The van der Waals surface area contributed by atoms with Gasteiger partial charge in [0.1, 0.15) is 6.04 Å². The third kappa shape index (κ3) is 3.23. The van der Waals surface area contributed by atoms with Gasteiger partial charge in [-0.2, -0.15) is 0 Å². The third-order valence-corrected chi connectivity index (χ3v) is 2.94. The summed E-state index contributed by atoms with van der Waals surface area (Å²) in [5.74, 6) is 0.0403. The van der Waals surface area contributed by atoms with Gasteiger partial charge in [-0.3, -0.25) is 4.79 Å². The Morgan fingerprint density at radius 1 is 1.50 bits per heavy atom. The van der Waals surface area contributed by atoms with E-state index in [0.717, 1.165) is 12.1 Å². The van der Waals surface area contributed by atoms with E-state index in [2.05, 4.69) is 16.7 Å². The van der Waals surface area contributed by atoms with Crippen LogP contribution in [0.1, 0.15) is 19.4 Å². The number of hydrogen-bond acceptors (Lipinski definition) is 3. The van der Waals surface area contributed by atoms with Crippen molar-refractivity contribution in [1.82, 2.24) is 5.32 Å². The minimum Gasteiger partial charge on any atom is -0.377 e. The molecule has 0 saturated heterocycles. The Morgan fingerprint density at radius 2 is 2.28 bits per heavy atom. The molecule has 0 unspecified atom stereocenters. The fraction of sp³-hybridized carbons (Fsp3) is 0.500. The average molecular weight is 248 g/mol. The van der Waals surface area contributed by atoms with E-state index in [0.29, 0.717) is 13.2 Å². The molecule has 4 nitrogen and oxygen atoms in total. The summed E-state index contributed by atoms with van der Waals surface area (Å²) in [5.41, 5.74) is 2.27. The second-order valence-corrected chi connectivity index (χ2v) is 4.77. The fourth-order valence-electron chi connectivity index (χ4n) is 2.05. The van der Waals surface area contributed by atoms with Crippen LogP contribution >= 0.6 is 0 Å². The Balaban J connectivity index is 1.76. The first-order chi connectivity index (χ1) is 8.66. The van der Waals surface area contributed by atoms with Crippen LogP contribution in [-0.2, 0) is 16.0 Å². The quantitative estimate of drug-likeness (QED) is 0.778. The number of anilines is 1. The van der Waals surface area contributed by atoms with Crippen molar-refractivity contribution in [1.29, 1.82) is 0 Å². The van der Waals surface area contributed by atoms with E-state index in [1.54, 1.807) is 0 Å². The molecule has 2 N–H and O–H groups in total. The van der Waals surface area contributed by atoms with E-state index in [1.807, 2.05) is 32.0 Å². The SMILES string of the molecule is CC(C)OCCNC(=O)[C@@H]1Cc2ccccc2N1. The number of benzene rings is 1. The largest absolute Gasteiger partial charge is 0.377 e. The van der Waals surface area contributed by atoms with Crippen LogP contribution in [0.4, 0.5) is 5.69 Å². The zero-order valence-corrected chi connectivity index (χ0v) is 10.9. The van der Waals surface area contributed by atoms with Crippen LogP contribution in [0.5, 0.6) is 0 Å². The summed E-state index contributed by atoms with van der Waals surface area (Å²) in [6.45, 7) is 5.09. The van der Waals surface area contributed by atoms with Crippen molar-refractivity contribution in [3.63, 3.8) is 0 Å². The molecular weight excluding hydrogens is 228 g/mol. The molecule has 1 amide bonds. The van der Waals surface area contributed by atoms with Crippen LogP contribution in [0, 0.1) is 0 Å². The summed E-state index contributed by atoms with van der Waals surface area (Å²) < 4.78 is 5.38. The van der Waals surface area contributed by atoms with Gasteiger partial charge in [-0.1, -0.05) is 18.2 Å². The third-order valence-electron chi connectivity index (χ3n) is 2.94. The second-order valence-electron chi connectivity index (χ2n) is 4.77. The van der Waals surface area contributed by atoms with Crippen LogP contribution in [0.3, 0.4) is 0 Å². The first kappa shape index (κ1) is 12.9. The molecule has 0 spiro atoms. The molecule has 1 aromatic rings. The van der Waals surface area contributed by atoms with Crippen molar-refractivity contribution < 1.29 is 9.53 Å². The van der Waals surface area contributed by atoms with Crippen LogP contribution in [0.25, 0.3) is 0 Å². The van der Waals surface area contributed by atoms with Gasteiger partial charge in [0.25, 0.3) is 0 Å². The second kappa shape index (κ2) is 5.87. The smallest absolute Gasteiger partial charge is 0.242 e. The summed E-state index contributed by atoms with van der Waals surface area (Å²) in [7, 11) is 0. The number of carbonyl (C=O) groups is 1. The molecule has 2 rings (SSSR count). The fourth-order valence-corrected chi connectivity index (χ4v) is 2.05. The van der Waals surface area contributed by atoms with Gasteiger partial charge in [0, 0.05) is 18.7 Å². The summed E-state index contributed by atoms with van der Waals surface area (Å²) in [6.07, 6.45) is 0.961.